The van der Waals surface area contributed by atoms with Gasteiger partial charge >= 0.3 is 0 Å². The fraction of sp³-hybridized carbons (Fsp3) is 0.353. The number of hydrogen-bond acceptors (Lipinski definition) is 5. The van der Waals surface area contributed by atoms with E-state index in [2.05, 4.69) is 20.6 Å². The number of nitrogens with one attached hydrogen (secondary N) is 2. The van der Waals surface area contributed by atoms with Gasteiger partial charge in [-0.1, -0.05) is 6.07 Å². The number of hydrogen-bond donors (Lipinski definition) is 2. The molecule has 2 bridgehead atoms. The van der Waals surface area contributed by atoms with Crippen LogP contribution < -0.4 is 10.6 Å². The predicted octanol–water partition coefficient (Wildman–Crippen LogP) is 1.95. The smallest absolute Gasteiger partial charge is 0.145 e. The molecule has 116 valence electrons. The molecule has 0 aromatic carbocycles. The highest BCUT2D eigenvalue weighted by Gasteiger charge is 2.39. The van der Waals surface area contributed by atoms with Gasteiger partial charge < -0.3 is 10.6 Å². The number of rotatable bonds is 3. The second-order valence-electron chi connectivity index (χ2n) is 6.46. The summed E-state index contributed by atoms with van der Waals surface area (Å²) >= 11 is 0. The molecule has 6 nitrogen and oxygen atoms in total. The van der Waals surface area contributed by atoms with Crippen molar-refractivity contribution in [1.29, 1.82) is 0 Å². The van der Waals surface area contributed by atoms with Gasteiger partial charge in [-0.2, -0.15) is 0 Å². The van der Waals surface area contributed by atoms with E-state index in [9.17, 15) is 0 Å². The molecule has 3 aromatic rings. The fourth-order valence-corrected chi connectivity index (χ4v) is 3.88. The molecular weight excluding hydrogens is 288 g/mol. The zero-order chi connectivity index (χ0) is 15.2. The average molecular weight is 306 g/mol. The topological polar surface area (TPSA) is 67.1 Å². The number of aromatic nitrogens is 4. The fourth-order valence-electron chi connectivity index (χ4n) is 3.88. The standard InChI is InChI=1S/C17H18N6/c1-2-4-23-15(9-20-17(23)3-1)14-8-18-10-16(22-14)21-13-6-11-5-12(13)19-7-11/h1-4,8-13,19H,5-7H2,(H,21,22)/t11-,12+,13-/m1/s1. The highest BCUT2D eigenvalue weighted by Crippen LogP contribution is 2.33. The Morgan fingerprint density at radius 1 is 1.17 bits per heavy atom. The summed E-state index contributed by atoms with van der Waals surface area (Å²) in [5.74, 6) is 1.65. The van der Waals surface area contributed by atoms with Gasteiger partial charge in [0.1, 0.15) is 17.2 Å². The van der Waals surface area contributed by atoms with Crippen LogP contribution in [0, 0.1) is 5.92 Å². The van der Waals surface area contributed by atoms with Crippen molar-refractivity contribution < 1.29 is 0 Å². The van der Waals surface area contributed by atoms with Gasteiger partial charge in [-0.3, -0.25) is 9.38 Å². The molecule has 1 aliphatic carbocycles. The summed E-state index contributed by atoms with van der Waals surface area (Å²) in [5.41, 5.74) is 2.72. The summed E-state index contributed by atoms with van der Waals surface area (Å²) in [4.78, 5) is 13.5. The molecule has 2 N–H and O–H groups in total. The Balaban J connectivity index is 1.46. The van der Waals surface area contributed by atoms with Crippen molar-refractivity contribution in [3.05, 3.63) is 43.0 Å². The third-order valence-electron chi connectivity index (χ3n) is 4.98. The maximum atomic E-state index is 4.75. The van der Waals surface area contributed by atoms with Crippen molar-refractivity contribution in [3.8, 4) is 11.4 Å². The summed E-state index contributed by atoms with van der Waals surface area (Å²) in [6, 6.07) is 6.99. The molecule has 4 heterocycles. The van der Waals surface area contributed by atoms with E-state index in [0.29, 0.717) is 12.1 Å². The Hall–Kier alpha value is -2.47. The molecule has 2 fully saturated rings. The van der Waals surface area contributed by atoms with Crippen molar-refractivity contribution in [2.45, 2.75) is 24.9 Å². The van der Waals surface area contributed by atoms with Crippen molar-refractivity contribution >= 4 is 11.5 Å². The number of piperidine rings is 1. The molecule has 1 aliphatic heterocycles. The van der Waals surface area contributed by atoms with Gasteiger partial charge in [0.25, 0.3) is 0 Å². The maximum absolute atomic E-state index is 4.75. The highest BCUT2D eigenvalue weighted by molar-refractivity contribution is 5.60. The normalized spacial score (nSPS) is 26.0. The van der Waals surface area contributed by atoms with E-state index in [4.69, 9.17) is 4.98 Å². The van der Waals surface area contributed by atoms with E-state index >= 15 is 0 Å². The summed E-state index contributed by atoms with van der Waals surface area (Å²) in [6.07, 6.45) is 9.94. The van der Waals surface area contributed by atoms with Crippen LogP contribution in [0.2, 0.25) is 0 Å². The Morgan fingerprint density at radius 3 is 3.04 bits per heavy atom. The SMILES string of the molecule is c1ccn2c(-c3cncc(N[C@@H]4C[C@@H]5CN[C@H]4C5)n3)cnc2c1. The lowest BCUT2D eigenvalue weighted by Gasteiger charge is -2.24. The van der Waals surface area contributed by atoms with Crippen molar-refractivity contribution in [1.82, 2.24) is 24.7 Å². The quantitative estimate of drug-likeness (QED) is 0.774. The molecule has 1 saturated carbocycles. The lowest BCUT2D eigenvalue weighted by atomic mass is 10.1. The van der Waals surface area contributed by atoms with Crippen molar-refractivity contribution in [2.75, 3.05) is 11.9 Å². The third kappa shape index (κ3) is 2.17. The summed E-state index contributed by atoms with van der Waals surface area (Å²) in [5, 5.41) is 7.12. The zero-order valence-electron chi connectivity index (χ0n) is 12.7. The van der Waals surface area contributed by atoms with Crippen LogP contribution in [0.4, 0.5) is 5.82 Å². The Bertz CT molecular complexity index is 857. The molecule has 6 heteroatoms. The van der Waals surface area contributed by atoms with Gasteiger partial charge in [0.05, 0.1) is 24.3 Å². The average Bonchev–Trinajstić information content (AvgIpc) is 3.30. The van der Waals surface area contributed by atoms with Crippen LogP contribution in [0.3, 0.4) is 0 Å². The van der Waals surface area contributed by atoms with Crippen molar-refractivity contribution in [3.63, 3.8) is 0 Å². The minimum absolute atomic E-state index is 0.459. The summed E-state index contributed by atoms with van der Waals surface area (Å²) in [6.45, 7) is 1.16. The Labute approximate surface area is 134 Å². The Morgan fingerprint density at radius 2 is 2.17 bits per heavy atom. The van der Waals surface area contributed by atoms with Gasteiger partial charge in [0.15, 0.2) is 0 Å². The molecule has 2 aliphatic rings. The number of anilines is 1. The predicted molar refractivity (Wildman–Crippen MR) is 88.1 cm³/mol. The number of imidazole rings is 1. The van der Waals surface area contributed by atoms with Crippen LogP contribution in [-0.4, -0.2) is 38.0 Å². The second kappa shape index (κ2) is 5.03. The summed E-state index contributed by atoms with van der Waals surface area (Å²) in [7, 11) is 0. The zero-order valence-corrected chi connectivity index (χ0v) is 12.7. The largest absolute Gasteiger partial charge is 0.364 e. The minimum Gasteiger partial charge on any atom is -0.364 e. The molecule has 0 amide bonds. The lowest BCUT2D eigenvalue weighted by molar-refractivity contribution is 0.465. The van der Waals surface area contributed by atoms with E-state index in [1.54, 1.807) is 12.4 Å². The molecule has 0 spiro atoms. The van der Waals surface area contributed by atoms with Gasteiger partial charge in [-0.15, -0.1) is 0 Å². The maximum Gasteiger partial charge on any atom is 0.145 e. The lowest BCUT2D eigenvalue weighted by Crippen LogP contribution is -2.41. The molecule has 3 aromatic heterocycles. The third-order valence-corrected chi connectivity index (χ3v) is 4.98. The number of pyridine rings is 1. The van der Waals surface area contributed by atoms with Crippen LogP contribution in [0.25, 0.3) is 17.0 Å². The van der Waals surface area contributed by atoms with Crippen LogP contribution >= 0.6 is 0 Å². The molecular formula is C17H18N6. The van der Waals surface area contributed by atoms with Gasteiger partial charge in [-0.25, -0.2) is 9.97 Å². The van der Waals surface area contributed by atoms with E-state index in [1.165, 1.54) is 12.8 Å². The monoisotopic (exact) mass is 306 g/mol. The minimum atomic E-state index is 0.459. The molecule has 3 atom stereocenters. The first-order valence-electron chi connectivity index (χ1n) is 8.11. The number of fused-ring (bicyclic) bond motifs is 3. The van der Waals surface area contributed by atoms with Gasteiger partial charge in [-0.05, 0) is 37.4 Å². The summed E-state index contributed by atoms with van der Waals surface area (Å²) < 4.78 is 2.03. The molecule has 5 rings (SSSR count). The first-order chi connectivity index (χ1) is 11.4. The molecule has 1 saturated heterocycles. The van der Waals surface area contributed by atoms with Crippen LogP contribution in [0.1, 0.15) is 12.8 Å². The molecule has 0 unspecified atom stereocenters. The van der Waals surface area contributed by atoms with E-state index in [0.717, 1.165) is 35.3 Å². The number of nitrogens with zero attached hydrogens (tertiary/aromatic N) is 4. The Kier molecular flexibility index (Phi) is 2.84. The molecule has 23 heavy (non-hydrogen) atoms. The van der Waals surface area contributed by atoms with E-state index < -0.39 is 0 Å². The van der Waals surface area contributed by atoms with Crippen LogP contribution in [-0.2, 0) is 0 Å². The first kappa shape index (κ1) is 13.0. The van der Waals surface area contributed by atoms with E-state index in [1.807, 2.05) is 35.0 Å². The van der Waals surface area contributed by atoms with E-state index in [-0.39, 0.29) is 0 Å². The van der Waals surface area contributed by atoms with Gasteiger partial charge in [0.2, 0.25) is 0 Å². The second-order valence-corrected chi connectivity index (χ2v) is 6.46. The van der Waals surface area contributed by atoms with Crippen LogP contribution in [0.5, 0.6) is 0 Å². The first-order valence-corrected chi connectivity index (χ1v) is 8.11. The van der Waals surface area contributed by atoms with Crippen LogP contribution in [0.15, 0.2) is 43.0 Å². The van der Waals surface area contributed by atoms with Crippen molar-refractivity contribution in [2.24, 2.45) is 5.92 Å². The molecule has 0 radical (unpaired) electrons. The highest BCUT2D eigenvalue weighted by atomic mass is 15.1. The van der Waals surface area contributed by atoms with Gasteiger partial charge in [0, 0.05) is 18.3 Å².